The maximum Gasteiger partial charge on any atom is 0.305 e. The van der Waals surface area contributed by atoms with Gasteiger partial charge in [0.2, 0.25) is 0 Å². The van der Waals surface area contributed by atoms with E-state index in [2.05, 4.69) is 5.32 Å². The Kier molecular flexibility index (Phi) is 4.25. The monoisotopic (exact) mass is 298 g/mol. The number of hydrogen-bond donors (Lipinski definition) is 2. The first kappa shape index (κ1) is 15.0. The third-order valence-corrected chi connectivity index (χ3v) is 3.39. The van der Waals surface area contributed by atoms with Crippen molar-refractivity contribution in [3.8, 4) is 5.75 Å². The number of aliphatic carboxylic acids is 1. The van der Waals surface area contributed by atoms with Gasteiger partial charge in [0.1, 0.15) is 5.69 Å². The molecule has 1 aromatic rings. The van der Waals surface area contributed by atoms with Crippen molar-refractivity contribution in [1.82, 2.24) is 0 Å². The van der Waals surface area contributed by atoms with Crippen LogP contribution in [0.25, 0.3) is 0 Å². The lowest BCUT2D eigenvalue weighted by Gasteiger charge is -2.18. The summed E-state index contributed by atoms with van der Waals surface area (Å²) in [6.07, 6.45) is 1.59. The minimum Gasteiger partial charge on any atom is -0.494 e. The summed E-state index contributed by atoms with van der Waals surface area (Å²) in [6, 6.07) is 1.53. The fraction of sp³-hybridized carbons (Fsp3) is 0.462. The van der Waals surface area contributed by atoms with E-state index in [-0.39, 0.29) is 23.8 Å². The minimum absolute atomic E-state index is 0.0661. The van der Waals surface area contributed by atoms with Gasteiger partial charge in [0.25, 0.3) is 5.69 Å². The minimum atomic E-state index is -0.990. The number of rotatable bonds is 7. The van der Waals surface area contributed by atoms with E-state index < -0.39 is 28.4 Å². The van der Waals surface area contributed by atoms with Crippen LogP contribution in [0.5, 0.6) is 5.75 Å². The molecule has 0 spiro atoms. The number of halogens is 1. The molecule has 1 aromatic carbocycles. The Morgan fingerprint density at radius 3 is 2.76 bits per heavy atom. The van der Waals surface area contributed by atoms with E-state index in [9.17, 15) is 19.3 Å². The molecule has 0 saturated heterocycles. The first-order valence-corrected chi connectivity index (χ1v) is 6.42. The van der Waals surface area contributed by atoms with Gasteiger partial charge >= 0.3 is 5.97 Å². The van der Waals surface area contributed by atoms with Crippen molar-refractivity contribution in [2.45, 2.75) is 25.3 Å². The molecule has 1 atom stereocenters. The maximum atomic E-state index is 13.6. The summed E-state index contributed by atoms with van der Waals surface area (Å²) in [5.41, 5.74) is -0.374. The summed E-state index contributed by atoms with van der Waals surface area (Å²) in [6.45, 7) is 0. The van der Waals surface area contributed by atoms with Crippen LogP contribution in [0.3, 0.4) is 0 Å². The van der Waals surface area contributed by atoms with Gasteiger partial charge in [-0.1, -0.05) is 0 Å². The number of hydrogen-bond acceptors (Lipinski definition) is 5. The van der Waals surface area contributed by atoms with Crippen LogP contribution in [0.2, 0.25) is 0 Å². The molecule has 1 unspecified atom stereocenters. The number of carboxylic acid groups (broad SMARTS) is 1. The van der Waals surface area contributed by atoms with Gasteiger partial charge in [0, 0.05) is 12.1 Å². The van der Waals surface area contributed by atoms with E-state index in [1.165, 1.54) is 13.2 Å². The van der Waals surface area contributed by atoms with E-state index in [4.69, 9.17) is 9.84 Å². The van der Waals surface area contributed by atoms with Crippen molar-refractivity contribution in [3.05, 3.63) is 28.1 Å². The van der Waals surface area contributed by atoms with Gasteiger partial charge in [-0.05, 0) is 18.8 Å². The molecule has 0 radical (unpaired) electrons. The Bertz CT molecular complexity index is 574. The summed E-state index contributed by atoms with van der Waals surface area (Å²) in [4.78, 5) is 21.2. The molecule has 0 heterocycles. The lowest BCUT2D eigenvalue weighted by molar-refractivity contribution is -0.384. The number of nitrogens with zero attached hydrogens (tertiary/aromatic N) is 1. The van der Waals surface area contributed by atoms with Crippen LogP contribution in [-0.4, -0.2) is 29.2 Å². The average molecular weight is 298 g/mol. The highest BCUT2D eigenvalue weighted by molar-refractivity contribution is 5.70. The van der Waals surface area contributed by atoms with Gasteiger partial charge < -0.3 is 15.2 Å². The highest BCUT2D eigenvalue weighted by Crippen LogP contribution is 2.38. The van der Waals surface area contributed by atoms with Gasteiger partial charge in [-0.2, -0.15) is 0 Å². The van der Waals surface area contributed by atoms with Gasteiger partial charge in [0.15, 0.2) is 11.6 Å². The predicted molar refractivity (Wildman–Crippen MR) is 72.0 cm³/mol. The molecule has 0 aliphatic heterocycles. The molecule has 114 valence electrons. The van der Waals surface area contributed by atoms with Crippen molar-refractivity contribution >= 4 is 17.3 Å². The van der Waals surface area contributed by atoms with Gasteiger partial charge in [0.05, 0.1) is 24.5 Å². The second-order valence-corrected chi connectivity index (χ2v) is 4.95. The number of nitro benzene ring substituents is 1. The lowest BCUT2D eigenvalue weighted by Crippen LogP contribution is -2.25. The Hall–Kier alpha value is -2.38. The number of carbonyl (C=O) groups is 1. The molecule has 7 nitrogen and oxygen atoms in total. The second-order valence-electron chi connectivity index (χ2n) is 4.95. The number of anilines is 1. The lowest BCUT2D eigenvalue weighted by atomic mass is 10.1. The molecular formula is C13H15FN2O5. The molecule has 0 bridgehead atoms. The smallest absolute Gasteiger partial charge is 0.305 e. The second kappa shape index (κ2) is 5.94. The topological polar surface area (TPSA) is 102 Å². The summed E-state index contributed by atoms with van der Waals surface area (Å²) in [7, 11) is 1.25. The molecule has 8 heteroatoms. The van der Waals surface area contributed by atoms with Crippen LogP contribution >= 0.6 is 0 Å². The zero-order valence-electron chi connectivity index (χ0n) is 11.3. The van der Waals surface area contributed by atoms with Crippen LogP contribution in [0.15, 0.2) is 12.1 Å². The Balaban J connectivity index is 2.31. The van der Waals surface area contributed by atoms with Crippen LogP contribution in [0.4, 0.5) is 15.8 Å². The highest BCUT2D eigenvalue weighted by Gasteiger charge is 2.34. The summed E-state index contributed by atoms with van der Waals surface area (Å²) in [5.74, 6) is -1.79. The fourth-order valence-electron chi connectivity index (χ4n) is 2.19. The average Bonchev–Trinajstić information content (AvgIpc) is 3.23. The molecule has 1 saturated carbocycles. The fourth-order valence-corrected chi connectivity index (χ4v) is 2.19. The van der Waals surface area contributed by atoms with E-state index in [1.54, 1.807) is 0 Å². The first-order valence-electron chi connectivity index (χ1n) is 6.42. The summed E-state index contributed by atoms with van der Waals surface area (Å²) in [5, 5.41) is 22.8. The van der Waals surface area contributed by atoms with Crippen LogP contribution < -0.4 is 10.1 Å². The molecule has 2 rings (SSSR count). The van der Waals surface area contributed by atoms with Gasteiger partial charge in [-0.3, -0.25) is 14.9 Å². The number of carboxylic acids is 1. The normalized spacial score (nSPS) is 15.3. The van der Waals surface area contributed by atoms with Crippen LogP contribution in [0.1, 0.15) is 19.3 Å². The molecule has 0 amide bonds. The summed E-state index contributed by atoms with van der Waals surface area (Å²) >= 11 is 0. The Morgan fingerprint density at radius 1 is 1.62 bits per heavy atom. The Labute approximate surface area is 119 Å². The van der Waals surface area contributed by atoms with Crippen LogP contribution in [0, 0.1) is 21.8 Å². The van der Waals surface area contributed by atoms with E-state index in [0.717, 1.165) is 18.9 Å². The zero-order chi connectivity index (χ0) is 15.6. The standard InChI is InChI=1S/C13H15FN2O5/c1-21-12-5-10(11(16(19)20)4-8(12)14)15-9(6-13(17)18)7-2-3-7/h4-5,7,9,15H,2-3,6H2,1H3,(H,17,18). The summed E-state index contributed by atoms with van der Waals surface area (Å²) < 4.78 is 18.4. The van der Waals surface area contributed by atoms with Crippen molar-refractivity contribution in [2.24, 2.45) is 5.92 Å². The third-order valence-electron chi connectivity index (χ3n) is 3.39. The van der Waals surface area contributed by atoms with Gasteiger partial charge in [-0.25, -0.2) is 4.39 Å². The highest BCUT2D eigenvalue weighted by atomic mass is 19.1. The quantitative estimate of drug-likeness (QED) is 0.592. The van der Waals surface area contributed by atoms with Crippen molar-refractivity contribution in [1.29, 1.82) is 0 Å². The molecule has 1 aliphatic carbocycles. The first-order chi connectivity index (χ1) is 9.92. The molecule has 21 heavy (non-hydrogen) atoms. The number of ether oxygens (including phenoxy) is 1. The third kappa shape index (κ3) is 3.59. The van der Waals surface area contributed by atoms with E-state index >= 15 is 0 Å². The zero-order valence-corrected chi connectivity index (χ0v) is 11.3. The van der Waals surface area contributed by atoms with Crippen molar-refractivity contribution in [3.63, 3.8) is 0 Å². The SMILES string of the molecule is COc1cc(NC(CC(=O)O)C2CC2)c([N+](=O)[O-])cc1F. The Morgan fingerprint density at radius 2 is 2.29 bits per heavy atom. The van der Waals surface area contributed by atoms with Crippen molar-refractivity contribution in [2.75, 3.05) is 12.4 Å². The number of methoxy groups -OCH3 is 1. The molecule has 1 aliphatic rings. The van der Waals surface area contributed by atoms with Crippen molar-refractivity contribution < 1.29 is 24.0 Å². The van der Waals surface area contributed by atoms with Gasteiger partial charge in [-0.15, -0.1) is 0 Å². The predicted octanol–water partition coefficient (Wildman–Crippen LogP) is 2.41. The van der Waals surface area contributed by atoms with Crippen LogP contribution in [-0.2, 0) is 4.79 Å². The van der Waals surface area contributed by atoms with E-state index in [1.807, 2.05) is 0 Å². The maximum absolute atomic E-state index is 13.6. The number of nitrogens with one attached hydrogen (secondary N) is 1. The molecule has 0 aromatic heterocycles. The molecule has 2 N–H and O–H groups in total. The largest absolute Gasteiger partial charge is 0.494 e. The number of benzene rings is 1. The van der Waals surface area contributed by atoms with E-state index in [0.29, 0.717) is 0 Å². The molecular weight excluding hydrogens is 283 g/mol. The number of nitro groups is 1. The molecule has 1 fully saturated rings.